The third-order valence-electron chi connectivity index (χ3n) is 2.52. The molecule has 5 nitrogen and oxygen atoms in total. The molecule has 0 aliphatic heterocycles. The van der Waals surface area contributed by atoms with E-state index >= 15 is 0 Å². The van der Waals surface area contributed by atoms with Crippen molar-refractivity contribution in [3.63, 3.8) is 0 Å². The maximum Gasteiger partial charge on any atom is 0.231 e. The lowest BCUT2D eigenvalue weighted by molar-refractivity contribution is -0.115. The molecule has 2 rings (SSSR count). The Labute approximate surface area is 103 Å². The highest BCUT2D eigenvalue weighted by Gasteiger charge is 2.11. The van der Waals surface area contributed by atoms with Gasteiger partial charge in [-0.15, -0.1) is 11.3 Å². The Hall–Kier alpha value is -1.69. The number of nitrogens with one attached hydrogen (secondary N) is 2. The first-order chi connectivity index (χ1) is 8.06. The highest BCUT2D eigenvalue weighted by atomic mass is 32.1. The second kappa shape index (κ2) is 4.67. The fourth-order valence-electron chi connectivity index (χ4n) is 1.44. The van der Waals surface area contributed by atoms with Gasteiger partial charge in [0.25, 0.3) is 0 Å². The van der Waals surface area contributed by atoms with Gasteiger partial charge in [0.1, 0.15) is 0 Å². The predicted octanol–water partition coefficient (Wildman–Crippen LogP) is 1.97. The van der Waals surface area contributed by atoms with E-state index in [1.54, 1.807) is 11.3 Å². The number of amides is 1. The number of aromatic nitrogens is 3. The molecule has 90 valence electrons. The standard InChI is InChI=1S/C11H14N4OS/c1-6-7(2)14-15-11(6)13-10(16)4-9-5-17-8(3)12-9/h5H,4H2,1-3H3,(H2,13,14,15,16). The molecule has 2 N–H and O–H groups in total. The Morgan fingerprint density at radius 2 is 2.24 bits per heavy atom. The van der Waals surface area contributed by atoms with Crippen LogP contribution in [0.2, 0.25) is 0 Å². The first-order valence-electron chi connectivity index (χ1n) is 5.28. The number of anilines is 1. The SMILES string of the molecule is Cc1nc(CC(=O)Nc2n[nH]c(C)c2C)cs1. The van der Waals surface area contributed by atoms with Gasteiger partial charge in [0, 0.05) is 16.6 Å². The molecule has 0 radical (unpaired) electrons. The number of rotatable bonds is 3. The molecule has 0 spiro atoms. The summed E-state index contributed by atoms with van der Waals surface area (Å²) < 4.78 is 0. The zero-order valence-corrected chi connectivity index (χ0v) is 10.8. The van der Waals surface area contributed by atoms with Gasteiger partial charge < -0.3 is 5.32 Å². The van der Waals surface area contributed by atoms with Crippen molar-refractivity contribution in [1.82, 2.24) is 15.2 Å². The monoisotopic (exact) mass is 250 g/mol. The van der Waals surface area contributed by atoms with Crippen molar-refractivity contribution >= 4 is 23.1 Å². The van der Waals surface area contributed by atoms with E-state index in [1.165, 1.54) is 0 Å². The molecule has 0 bridgehead atoms. The normalized spacial score (nSPS) is 10.5. The van der Waals surface area contributed by atoms with Crippen LogP contribution in [0.25, 0.3) is 0 Å². The van der Waals surface area contributed by atoms with E-state index in [2.05, 4.69) is 20.5 Å². The number of carbonyl (C=O) groups excluding carboxylic acids is 1. The van der Waals surface area contributed by atoms with Crippen molar-refractivity contribution in [2.45, 2.75) is 27.2 Å². The largest absolute Gasteiger partial charge is 0.309 e. The maximum absolute atomic E-state index is 11.8. The molecule has 0 aliphatic rings. The summed E-state index contributed by atoms with van der Waals surface area (Å²) >= 11 is 1.55. The number of H-pyrrole nitrogens is 1. The van der Waals surface area contributed by atoms with Crippen LogP contribution >= 0.6 is 11.3 Å². The summed E-state index contributed by atoms with van der Waals surface area (Å²) in [5.74, 6) is 0.504. The third-order valence-corrected chi connectivity index (χ3v) is 3.34. The molecular formula is C11H14N4OS. The van der Waals surface area contributed by atoms with E-state index in [0.717, 1.165) is 22.0 Å². The summed E-state index contributed by atoms with van der Waals surface area (Å²) in [6.45, 7) is 5.76. The Morgan fingerprint density at radius 1 is 1.47 bits per heavy atom. The van der Waals surface area contributed by atoms with Crippen LogP contribution in [0.1, 0.15) is 22.0 Å². The molecule has 2 heterocycles. The Kier molecular flexibility index (Phi) is 3.23. The van der Waals surface area contributed by atoms with Crippen molar-refractivity contribution in [3.05, 3.63) is 27.3 Å². The molecule has 2 aromatic rings. The summed E-state index contributed by atoms with van der Waals surface area (Å²) in [5, 5.41) is 12.5. The number of nitrogens with zero attached hydrogens (tertiary/aromatic N) is 2. The molecular weight excluding hydrogens is 236 g/mol. The first-order valence-corrected chi connectivity index (χ1v) is 6.16. The van der Waals surface area contributed by atoms with Crippen LogP contribution in [-0.4, -0.2) is 21.1 Å². The zero-order valence-electron chi connectivity index (χ0n) is 10.00. The molecule has 2 aromatic heterocycles. The summed E-state index contributed by atoms with van der Waals surface area (Å²) in [5.41, 5.74) is 2.73. The van der Waals surface area contributed by atoms with Crippen LogP contribution in [-0.2, 0) is 11.2 Å². The van der Waals surface area contributed by atoms with Crippen molar-refractivity contribution in [2.24, 2.45) is 0 Å². The fraction of sp³-hybridized carbons (Fsp3) is 0.364. The summed E-state index contributed by atoms with van der Waals surface area (Å²) in [7, 11) is 0. The average Bonchev–Trinajstić information content (AvgIpc) is 2.79. The molecule has 17 heavy (non-hydrogen) atoms. The number of aryl methyl sites for hydroxylation is 2. The van der Waals surface area contributed by atoms with Gasteiger partial charge in [0.2, 0.25) is 5.91 Å². The second-order valence-corrected chi connectivity index (χ2v) is 4.97. The smallest absolute Gasteiger partial charge is 0.231 e. The van der Waals surface area contributed by atoms with Crippen molar-refractivity contribution in [3.8, 4) is 0 Å². The van der Waals surface area contributed by atoms with Crippen LogP contribution < -0.4 is 5.32 Å². The quantitative estimate of drug-likeness (QED) is 0.875. The molecule has 0 unspecified atom stereocenters. The van der Waals surface area contributed by atoms with Crippen molar-refractivity contribution in [2.75, 3.05) is 5.32 Å². The van der Waals surface area contributed by atoms with Gasteiger partial charge >= 0.3 is 0 Å². The molecule has 0 aliphatic carbocycles. The number of thiazole rings is 1. The van der Waals surface area contributed by atoms with E-state index in [9.17, 15) is 4.79 Å². The minimum absolute atomic E-state index is 0.0927. The molecule has 6 heteroatoms. The summed E-state index contributed by atoms with van der Waals surface area (Å²) in [6.07, 6.45) is 0.287. The lowest BCUT2D eigenvalue weighted by Crippen LogP contribution is -2.15. The number of hydrogen-bond acceptors (Lipinski definition) is 4. The van der Waals surface area contributed by atoms with Gasteiger partial charge in [-0.25, -0.2) is 4.98 Å². The highest BCUT2D eigenvalue weighted by molar-refractivity contribution is 7.09. The van der Waals surface area contributed by atoms with Crippen molar-refractivity contribution < 1.29 is 4.79 Å². The zero-order chi connectivity index (χ0) is 12.4. The molecule has 0 fully saturated rings. The van der Waals surface area contributed by atoms with Crippen LogP contribution in [0.15, 0.2) is 5.38 Å². The molecule has 0 atom stereocenters. The minimum atomic E-state index is -0.0927. The lowest BCUT2D eigenvalue weighted by Gasteiger charge is -2.01. The molecule has 0 aromatic carbocycles. The number of hydrogen-bond donors (Lipinski definition) is 2. The van der Waals surface area contributed by atoms with Gasteiger partial charge in [-0.3, -0.25) is 9.89 Å². The highest BCUT2D eigenvalue weighted by Crippen LogP contribution is 2.14. The average molecular weight is 250 g/mol. The van der Waals surface area contributed by atoms with Crippen LogP contribution in [0.4, 0.5) is 5.82 Å². The Morgan fingerprint density at radius 3 is 2.76 bits per heavy atom. The van der Waals surface area contributed by atoms with E-state index in [0.29, 0.717) is 5.82 Å². The Balaban J connectivity index is 2.00. The predicted molar refractivity (Wildman–Crippen MR) is 67.2 cm³/mol. The second-order valence-electron chi connectivity index (χ2n) is 3.91. The molecule has 0 saturated heterocycles. The van der Waals surface area contributed by atoms with Gasteiger partial charge in [0.05, 0.1) is 17.1 Å². The van der Waals surface area contributed by atoms with Gasteiger partial charge in [0.15, 0.2) is 5.82 Å². The first kappa shape index (κ1) is 11.8. The summed E-state index contributed by atoms with van der Waals surface area (Å²) in [4.78, 5) is 16.0. The van der Waals surface area contributed by atoms with Crippen LogP contribution in [0.3, 0.4) is 0 Å². The van der Waals surface area contributed by atoms with E-state index < -0.39 is 0 Å². The van der Waals surface area contributed by atoms with E-state index in [1.807, 2.05) is 26.2 Å². The fourth-order valence-corrected chi connectivity index (χ4v) is 2.05. The van der Waals surface area contributed by atoms with Gasteiger partial charge in [-0.1, -0.05) is 0 Å². The van der Waals surface area contributed by atoms with Crippen molar-refractivity contribution in [1.29, 1.82) is 0 Å². The number of aromatic amines is 1. The minimum Gasteiger partial charge on any atom is -0.309 e. The molecule has 0 saturated carbocycles. The van der Waals surface area contributed by atoms with Crippen LogP contribution in [0.5, 0.6) is 0 Å². The van der Waals surface area contributed by atoms with E-state index in [-0.39, 0.29) is 12.3 Å². The molecule has 1 amide bonds. The maximum atomic E-state index is 11.8. The topological polar surface area (TPSA) is 70.7 Å². The third kappa shape index (κ3) is 2.71. The van der Waals surface area contributed by atoms with E-state index in [4.69, 9.17) is 0 Å². The Bertz CT molecular complexity index is 543. The van der Waals surface area contributed by atoms with Crippen LogP contribution in [0, 0.1) is 20.8 Å². The van der Waals surface area contributed by atoms with Gasteiger partial charge in [-0.05, 0) is 20.8 Å². The summed E-state index contributed by atoms with van der Waals surface area (Å²) in [6, 6.07) is 0. The lowest BCUT2D eigenvalue weighted by atomic mass is 10.2. The van der Waals surface area contributed by atoms with Gasteiger partial charge in [-0.2, -0.15) is 5.10 Å². The number of carbonyl (C=O) groups is 1.